The number of sulfone groups is 1. The summed E-state index contributed by atoms with van der Waals surface area (Å²) in [5, 5.41) is 23.2. The molecular weight excluding hydrogens is 506 g/mol. The van der Waals surface area contributed by atoms with E-state index in [0.29, 0.717) is 29.0 Å². The predicted molar refractivity (Wildman–Crippen MR) is 130 cm³/mol. The number of nitrogens with one attached hydrogen (secondary N) is 2. The van der Waals surface area contributed by atoms with E-state index in [1.165, 1.54) is 6.20 Å². The highest BCUT2D eigenvalue weighted by molar-refractivity contribution is 7.91. The molecule has 0 fully saturated rings. The maximum atomic E-state index is 13.0. The molecule has 37 heavy (non-hydrogen) atoms. The smallest absolute Gasteiger partial charge is 0.314 e. The van der Waals surface area contributed by atoms with E-state index in [1.54, 1.807) is 18.2 Å². The second-order valence-corrected chi connectivity index (χ2v) is 10.4. The van der Waals surface area contributed by atoms with Crippen molar-refractivity contribution in [3.8, 4) is 11.5 Å². The average Bonchev–Trinajstić information content (AvgIpc) is 3.38. The number of aliphatic hydroxyl groups is 1. The molecule has 0 amide bonds. The number of aryl methyl sites for hydroxylation is 1. The zero-order valence-electron chi connectivity index (χ0n) is 19.3. The number of benzene rings is 2. The summed E-state index contributed by atoms with van der Waals surface area (Å²) in [4.78, 5) is 9.05. The Hall–Kier alpha value is -3.97. The van der Waals surface area contributed by atoms with E-state index >= 15 is 0 Å². The molecule has 0 saturated heterocycles. The molecule has 1 aliphatic rings. The summed E-state index contributed by atoms with van der Waals surface area (Å²) in [5.41, 5.74) is 2.21. The molecule has 1 atom stereocenters. The van der Waals surface area contributed by atoms with Gasteiger partial charge in [0.25, 0.3) is 11.8 Å². The minimum Gasteiger partial charge on any atom is -0.415 e. The molecule has 0 spiro atoms. The first-order valence-electron chi connectivity index (χ1n) is 11.4. The van der Waals surface area contributed by atoms with Gasteiger partial charge in [-0.2, -0.15) is 13.8 Å². The van der Waals surface area contributed by atoms with Crippen LogP contribution in [0, 0.1) is 0 Å². The monoisotopic (exact) mass is 528 g/mol. The van der Waals surface area contributed by atoms with Crippen LogP contribution >= 0.6 is 0 Å². The quantitative estimate of drug-likeness (QED) is 0.306. The van der Waals surface area contributed by atoms with Crippen molar-refractivity contribution >= 4 is 27.3 Å². The van der Waals surface area contributed by atoms with E-state index in [9.17, 15) is 22.3 Å². The van der Waals surface area contributed by atoms with Gasteiger partial charge < -0.3 is 20.2 Å². The number of nitrogens with zero attached hydrogens (tertiary/aromatic N) is 4. The Morgan fingerprint density at radius 1 is 1.11 bits per heavy atom. The fourth-order valence-corrected chi connectivity index (χ4v) is 5.65. The molecule has 192 valence electrons. The van der Waals surface area contributed by atoms with Crippen molar-refractivity contribution in [2.45, 2.75) is 30.2 Å². The highest BCUT2D eigenvalue weighted by Gasteiger charge is 2.25. The van der Waals surface area contributed by atoms with Gasteiger partial charge in [-0.25, -0.2) is 13.4 Å². The number of aliphatic hydroxyl groups excluding tert-OH is 1. The summed E-state index contributed by atoms with van der Waals surface area (Å²) < 4.78 is 55.8. The largest absolute Gasteiger partial charge is 0.415 e. The standard InChI is InChI=1S/C24H22F2N6O4S/c25-20(26)23-32-31-22(36-23)17-12-27-24(30-21(17)29-18(13-33)14-5-2-1-3-6-14)28-16-8-9-19-15(11-16)7-4-10-37(19,34)35/h1-3,5-6,8-9,11-12,18,20,33H,4,7,10,13H2,(H2,27,28,29,30)/t18-/m1/s1. The average molecular weight is 529 g/mol. The fraction of sp³-hybridized carbons (Fsp3) is 0.250. The molecular formula is C24H22F2N6O4S. The molecule has 4 aromatic rings. The van der Waals surface area contributed by atoms with Gasteiger partial charge in [-0.3, -0.25) is 0 Å². The van der Waals surface area contributed by atoms with Gasteiger partial charge in [0.2, 0.25) is 5.95 Å². The molecule has 0 radical (unpaired) electrons. The molecule has 0 saturated carbocycles. The first-order chi connectivity index (χ1) is 17.8. The van der Waals surface area contributed by atoms with Crippen LogP contribution in [0.4, 0.5) is 26.2 Å². The van der Waals surface area contributed by atoms with Crippen LogP contribution in [-0.4, -0.2) is 46.0 Å². The SMILES string of the molecule is O=S1(=O)CCCc2cc(Nc3ncc(-c4nnc(C(F)F)o4)c(N[C@H](CO)c4ccccc4)n3)ccc21. The lowest BCUT2D eigenvalue weighted by molar-refractivity contribution is 0.116. The van der Waals surface area contributed by atoms with Crippen LogP contribution in [0.1, 0.15) is 35.9 Å². The second kappa shape index (κ2) is 10.2. The lowest BCUT2D eigenvalue weighted by Crippen LogP contribution is -2.17. The van der Waals surface area contributed by atoms with E-state index in [0.717, 1.165) is 5.56 Å². The van der Waals surface area contributed by atoms with Crippen LogP contribution in [0.3, 0.4) is 0 Å². The van der Waals surface area contributed by atoms with E-state index in [1.807, 2.05) is 30.3 Å². The van der Waals surface area contributed by atoms with Crippen molar-refractivity contribution in [2.75, 3.05) is 23.0 Å². The van der Waals surface area contributed by atoms with Crippen LogP contribution in [0.25, 0.3) is 11.5 Å². The fourth-order valence-electron chi connectivity index (χ4n) is 4.07. The van der Waals surface area contributed by atoms with Crippen molar-refractivity contribution < 1.29 is 26.7 Å². The minimum absolute atomic E-state index is 0.128. The van der Waals surface area contributed by atoms with E-state index < -0.39 is 28.2 Å². The third kappa shape index (κ3) is 5.27. The number of hydrogen-bond donors (Lipinski definition) is 3. The first-order valence-corrected chi connectivity index (χ1v) is 13.0. The minimum atomic E-state index is -3.29. The number of rotatable bonds is 8. The number of anilines is 3. The molecule has 5 rings (SSSR count). The molecule has 3 N–H and O–H groups in total. The van der Waals surface area contributed by atoms with Gasteiger partial charge in [0.05, 0.1) is 28.9 Å². The predicted octanol–water partition coefficient (Wildman–Crippen LogP) is 4.07. The number of fused-ring (bicyclic) bond motifs is 1. The Balaban J connectivity index is 1.50. The first kappa shape index (κ1) is 24.7. The van der Waals surface area contributed by atoms with E-state index in [2.05, 4.69) is 30.8 Å². The van der Waals surface area contributed by atoms with Crippen molar-refractivity contribution in [1.29, 1.82) is 0 Å². The van der Waals surface area contributed by atoms with Gasteiger partial charge >= 0.3 is 6.43 Å². The third-order valence-electron chi connectivity index (χ3n) is 5.85. The molecule has 2 aromatic heterocycles. The second-order valence-electron chi connectivity index (χ2n) is 8.36. The number of aromatic nitrogens is 4. The number of alkyl halides is 2. The molecule has 3 heterocycles. The summed E-state index contributed by atoms with van der Waals surface area (Å²) in [5.74, 6) is -0.626. The molecule has 0 aliphatic carbocycles. The van der Waals surface area contributed by atoms with Crippen molar-refractivity contribution in [3.05, 3.63) is 71.7 Å². The Labute approximate surface area is 210 Å². The van der Waals surface area contributed by atoms with Gasteiger partial charge in [-0.05, 0) is 42.2 Å². The zero-order chi connectivity index (χ0) is 26.0. The third-order valence-corrected chi connectivity index (χ3v) is 7.75. The molecule has 10 nitrogen and oxygen atoms in total. The van der Waals surface area contributed by atoms with Crippen LogP contribution in [0.15, 0.2) is 64.0 Å². The summed E-state index contributed by atoms with van der Waals surface area (Å²) in [6.07, 6.45) is -0.426. The molecule has 0 bridgehead atoms. The Kier molecular flexibility index (Phi) is 6.80. The summed E-state index contributed by atoms with van der Waals surface area (Å²) in [6.45, 7) is -0.290. The molecule has 1 aliphatic heterocycles. The number of halogens is 2. The Morgan fingerprint density at radius 3 is 2.65 bits per heavy atom. The Morgan fingerprint density at radius 2 is 1.92 bits per heavy atom. The van der Waals surface area contributed by atoms with Gasteiger partial charge in [0.1, 0.15) is 5.82 Å². The normalized spacial score (nSPS) is 15.2. The zero-order valence-corrected chi connectivity index (χ0v) is 20.1. The highest BCUT2D eigenvalue weighted by Crippen LogP contribution is 2.32. The molecule has 13 heteroatoms. The van der Waals surface area contributed by atoms with Gasteiger partial charge in [-0.1, -0.05) is 30.3 Å². The van der Waals surface area contributed by atoms with Crippen molar-refractivity contribution in [1.82, 2.24) is 20.2 Å². The summed E-state index contributed by atoms with van der Waals surface area (Å²) >= 11 is 0. The van der Waals surface area contributed by atoms with Crippen LogP contribution in [0.5, 0.6) is 0 Å². The van der Waals surface area contributed by atoms with Gasteiger partial charge in [0.15, 0.2) is 9.84 Å². The lowest BCUT2D eigenvalue weighted by atomic mass is 10.1. The summed E-state index contributed by atoms with van der Waals surface area (Å²) in [6, 6.07) is 13.4. The maximum absolute atomic E-state index is 13.0. The van der Waals surface area contributed by atoms with Gasteiger partial charge in [-0.15, -0.1) is 10.2 Å². The molecule has 0 unspecified atom stereocenters. The maximum Gasteiger partial charge on any atom is 0.314 e. The van der Waals surface area contributed by atoms with Crippen LogP contribution in [-0.2, 0) is 16.3 Å². The van der Waals surface area contributed by atoms with Crippen LogP contribution in [0.2, 0.25) is 0 Å². The van der Waals surface area contributed by atoms with Crippen molar-refractivity contribution in [3.63, 3.8) is 0 Å². The lowest BCUT2D eigenvalue weighted by Gasteiger charge is -2.20. The Bertz CT molecular complexity index is 1510. The van der Waals surface area contributed by atoms with Gasteiger partial charge in [0, 0.05) is 11.9 Å². The number of hydrogen-bond acceptors (Lipinski definition) is 10. The van der Waals surface area contributed by atoms with E-state index in [-0.39, 0.29) is 35.6 Å². The van der Waals surface area contributed by atoms with Crippen molar-refractivity contribution in [2.24, 2.45) is 0 Å². The van der Waals surface area contributed by atoms with Crippen LogP contribution < -0.4 is 10.6 Å². The molecule has 2 aromatic carbocycles. The van der Waals surface area contributed by atoms with E-state index in [4.69, 9.17) is 4.42 Å². The highest BCUT2D eigenvalue weighted by atomic mass is 32.2. The topological polar surface area (TPSA) is 143 Å². The summed E-state index contributed by atoms with van der Waals surface area (Å²) in [7, 11) is -3.29.